The Hall–Kier alpha value is -7.69. The number of nitrogens with zero attached hydrogens (tertiary/aromatic N) is 2. The van der Waals surface area contributed by atoms with Crippen LogP contribution in [0.2, 0.25) is 0 Å². The van der Waals surface area contributed by atoms with E-state index in [9.17, 15) is 33.6 Å². The molecule has 0 bridgehead atoms. The summed E-state index contributed by atoms with van der Waals surface area (Å²) < 4.78 is 0. The number of aromatic nitrogens is 2. The van der Waals surface area contributed by atoms with Gasteiger partial charge >= 0.3 is 6.03 Å². The Kier molecular flexibility index (Phi) is 18.3. The zero-order valence-corrected chi connectivity index (χ0v) is 38.9. The van der Waals surface area contributed by atoms with Crippen molar-refractivity contribution in [3.05, 3.63) is 108 Å². The van der Waals surface area contributed by atoms with E-state index in [1.165, 1.54) is 6.92 Å². The van der Waals surface area contributed by atoms with Crippen LogP contribution in [-0.4, -0.2) is 124 Å². The van der Waals surface area contributed by atoms with Gasteiger partial charge in [-0.05, 0) is 74.5 Å². The van der Waals surface area contributed by atoms with Crippen LogP contribution in [0.15, 0.2) is 91.3 Å². The van der Waals surface area contributed by atoms with Crippen molar-refractivity contribution in [1.82, 2.24) is 51.9 Å². The number of hydrogen-bond donors (Lipinski definition) is 10. The zero-order chi connectivity index (χ0) is 49.3. The van der Waals surface area contributed by atoms with E-state index >= 15 is 0 Å². The summed E-state index contributed by atoms with van der Waals surface area (Å²) in [4.78, 5) is 105. The molecule has 0 saturated carbocycles. The van der Waals surface area contributed by atoms with Crippen molar-refractivity contribution in [3.8, 4) is 11.8 Å². The standard InChI is InChI=1S/C50H62N12O7/c1-3-22-61-23-12-11-21-40(45(52)64)56-48(67)41(26-33-15-5-4-6-16-33)58-49(68)42(27-34-30-53-38-19-9-7-17-36(34)38)57-46(65)32(2)55-47(66)43(28-35-31-54-39-20-10-8-18-37(35)39)59-50(69)62(25-14-13-24-61)60-44(63)29-51/h4-10,15-20,30-32,40-43,53-54H,3,11-12,21-29,51H2,1-2H3,(H2,52,64)(H,55,66)(H,56,67)(H,57,65)(H,58,68)(H,59,69)(H,60,63)/t32-,40-,41+,42-,43+/m0/s1. The summed E-state index contributed by atoms with van der Waals surface area (Å²) in [5.74, 6) is 1.79. The Morgan fingerprint density at radius 2 is 1.23 bits per heavy atom. The van der Waals surface area contributed by atoms with Crippen molar-refractivity contribution < 1.29 is 33.6 Å². The molecule has 12 N–H and O–H groups in total. The molecule has 0 fully saturated rings. The molecule has 5 aromatic rings. The highest BCUT2D eigenvalue weighted by atomic mass is 16.2. The summed E-state index contributed by atoms with van der Waals surface area (Å²) in [6, 6.07) is 17.0. The third-order valence-electron chi connectivity index (χ3n) is 11.9. The largest absolute Gasteiger partial charge is 0.368 e. The molecule has 3 heterocycles. The van der Waals surface area contributed by atoms with Crippen LogP contribution in [-0.2, 0) is 48.0 Å². The van der Waals surface area contributed by atoms with Gasteiger partial charge in [-0.15, -0.1) is 0 Å². The lowest BCUT2D eigenvalue weighted by Gasteiger charge is -2.27. The molecule has 0 aliphatic carbocycles. The molecule has 8 amide bonds. The van der Waals surface area contributed by atoms with Crippen LogP contribution < -0.4 is 43.5 Å². The fourth-order valence-electron chi connectivity index (χ4n) is 8.18. The Morgan fingerprint density at radius 3 is 1.86 bits per heavy atom. The Balaban J connectivity index is 1.34. The minimum atomic E-state index is -1.29. The molecule has 1 aliphatic rings. The second kappa shape index (κ2) is 24.9. The van der Waals surface area contributed by atoms with Gasteiger partial charge in [-0.3, -0.25) is 39.1 Å². The number of urea groups is 1. The van der Waals surface area contributed by atoms with Gasteiger partial charge in [0.15, 0.2) is 0 Å². The summed E-state index contributed by atoms with van der Waals surface area (Å²) in [7, 11) is 0. The number of carbonyl (C=O) groups excluding carboxylic acids is 7. The fourth-order valence-corrected chi connectivity index (χ4v) is 8.18. The number of carbonyl (C=O) groups is 7. The number of primary amides is 1. The molecule has 0 radical (unpaired) electrons. The molecule has 6 rings (SSSR count). The number of nitrogens with one attached hydrogen (secondary N) is 8. The average Bonchev–Trinajstić information content (AvgIpc) is 3.95. The van der Waals surface area contributed by atoms with Crippen LogP contribution >= 0.6 is 0 Å². The quantitative estimate of drug-likeness (QED) is 0.0856. The highest BCUT2D eigenvalue weighted by Crippen LogP contribution is 2.21. The first-order valence-corrected chi connectivity index (χ1v) is 23.2. The highest BCUT2D eigenvalue weighted by Gasteiger charge is 2.33. The minimum absolute atomic E-state index is 0.0205. The molecule has 69 heavy (non-hydrogen) atoms. The zero-order valence-electron chi connectivity index (χ0n) is 38.9. The van der Waals surface area contributed by atoms with E-state index < -0.39 is 78.2 Å². The van der Waals surface area contributed by atoms with E-state index in [0.717, 1.165) is 38.8 Å². The van der Waals surface area contributed by atoms with E-state index in [4.69, 9.17) is 11.5 Å². The van der Waals surface area contributed by atoms with Crippen molar-refractivity contribution in [2.45, 2.75) is 89.0 Å². The molecule has 2 aromatic heterocycles. The predicted molar refractivity (Wildman–Crippen MR) is 261 cm³/mol. The van der Waals surface area contributed by atoms with E-state index in [0.29, 0.717) is 43.6 Å². The average molecular weight is 943 g/mol. The third kappa shape index (κ3) is 14.4. The summed E-state index contributed by atoms with van der Waals surface area (Å²) >= 11 is 0. The summed E-state index contributed by atoms with van der Waals surface area (Å²) in [5.41, 5.74) is 17.6. The van der Waals surface area contributed by atoms with Gasteiger partial charge in [0.2, 0.25) is 29.5 Å². The van der Waals surface area contributed by atoms with Crippen LogP contribution in [0.3, 0.4) is 0 Å². The van der Waals surface area contributed by atoms with E-state index in [1.54, 1.807) is 24.5 Å². The highest BCUT2D eigenvalue weighted by molar-refractivity contribution is 5.97. The maximum atomic E-state index is 14.6. The number of para-hydroxylation sites is 2. The number of fused-ring (bicyclic) bond motifs is 2. The molecular weight excluding hydrogens is 881 g/mol. The van der Waals surface area contributed by atoms with Gasteiger partial charge in [-0.25, -0.2) is 9.80 Å². The van der Waals surface area contributed by atoms with Gasteiger partial charge in [0, 0.05) is 53.5 Å². The molecule has 364 valence electrons. The number of nitrogens with two attached hydrogens (primary N) is 2. The van der Waals surface area contributed by atoms with Gasteiger partial charge in [-0.2, -0.15) is 0 Å². The van der Waals surface area contributed by atoms with Gasteiger partial charge in [-0.1, -0.05) is 85.5 Å². The predicted octanol–water partition coefficient (Wildman–Crippen LogP) is 1.39. The lowest BCUT2D eigenvalue weighted by Crippen LogP contribution is -2.60. The number of benzene rings is 3. The molecule has 19 nitrogen and oxygen atoms in total. The number of hydrazine groups is 1. The number of hydrogen-bond acceptors (Lipinski definition) is 9. The Bertz CT molecular complexity index is 2650. The maximum Gasteiger partial charge on any atom is 0.337 e. The number of H-pyrrole nitrogens is 2. The first-order valence-electron chi connectivity index (χ1n) is 23.2. The van der Waals surface area contributed by atoms with Crippen molar-refractivity contribution in [2.75, 3.05) is 32.7 Å². The number of rotatable bonds is 11. The topological polar surface area (TPSA) is 282 Å². The number of aromatic amines is 2. The van der Waals surface area contributed by atoms with Crippen LogP contribution in [0.25, 0.3) is 21.8 Å². The second-order valence-corrected chi connectivity index (χ2v) is 17.1. The Morgan fingerprint density at radius 1 is 0.681 bits per heavy atom. The van der Waals surface area contributed by atoms with Gasteiger partial charge in [0.05, 0.1) is 13.1 Å². The van der Waals surface area contributed by atoms with Crippen molar-refractivity contribution in [1.29, 1.82) is 0 Å². The van der Waals surface area contributed by atoms with Crippen molar-refractivity contribution in [3.63, 3.8) is 0 Å². The molecule has 0 saturated heterocycles. The van der Waals surface area contributed by atoms with E-state index in [-0.39, 0.29) is 32.2 Å². The molecular formula is C50H62N12O7. The lowest BCUT2D eigenvalue weighted by atomic mass is 10.0. The molecule has 5 atom stereocenters. The minimum Gasteiger partial charge on any atom is -0.368 e. The van der Waals surface area contributed by atoms with Crippen molar-refractivity contribution >= 4 is 63.3 Å². The third-order valence-corrected chi connectivity index (χ3v) is 11.9. The molecule has 19 heteroatoms. The molecule has 1 aliphatic heterocycles. The van der Waals surface area contributed by atoms with Crippen molar-refractivity contribution in [2.24, 2.45) is 11.5 Å². The molecule has 0 unspecified atom stereocenters. The lowest BCUT2D eigenvalue weighted by molar-refractivity contribution is -0.134. The molecule has 0 spiro atoms. The van der Waals surface area contributed by atoms with Crippen LogP contribution in [0.5, 0.6) is 0 Å². The number of amides is 8. The van der Waals surface area contributed by atoms with E-state index in [1.807, 2.05) is 73.7 Å². The first-order chi connectivity index (χ1) is 33.3. The first kappa shape index (κ1) is 50.7. The fraction of sp³-hybridized carbons (Fsp3) is 0.380. The summed E-state index contributed by atoms with van der Waals surface area (Å²) in [6.45, 7) is 4.38. The monoisotopic (exact) mass is 942 g/mol. The Labute approximate surface area is 400 Å². The molecule has 3 aromatic carbocycles. The van der Waals surface area contributed by atoms with Gasteiger partial charge in [0.1, 0.15) is 36.8 Å². The maximum absolute atomic E-state index is 14.6. The van der Waals surface area contributed by atoms with E-state index in [2.05, 4.69) is 58.7 Å². The van der Waals surface area contributed by atoms with Gasteiger partial charge < -0.3 is 48.0 Å². The smallest absolute Gasteiger partial charge is 0.337 e. The SMILES string of the molecule is CCCN1CC#CCN(NC(=O)CN)C(=O)N[C@H](Cc2c[nH]c3ccccc23)C(=O)N[C@@H](C)C(=O)N[C@@H](Cc2c[nH]c3ccccc23)C(=O)N[C@H](Cc2ccccc2)C(=O)N[C@H](C(N)=O)CCCC1. The second-order valence-electron chi connectivity index (χ2n) is 17.1. The van der Waals surface area contributed by atoms with Crippen LogP contribution in [0.1, 0.15) is 56.2 Å². The summed E-state index contributed by atoms with van der Waals surface area (Å²) in [6.07, 6.45) is 5.65. The van der Waals surface area contributed by atoms with Gasteiger partial charge in [0.25, 0.3) is 5.91 Å². The summed E-state index contributed by atoms with van der Waals surface area (Å²) in [5, 5.41) is 16.4. The normalized spacial score (nSPS) is 21.1. The van der Waals surface area contributed by atoms with Crippen LogP contribution in [0, 0.1) is 11.8 Å². The van der Waals surface area contributed by atoms with Crippen LogP contribution in [0.4, 0.5) is 4.79 Å².